The Morgan fingerprint density at radius 2 is 1.83 bits per heavy atom. The monoisotopic (exact) mass is 347 g/mol. The summed E-state index contributed by atoms with van der Waals surface area (Å²) in [7, 11) is 3.37. The number of anilines is 1. The number of amides is 2. The zero-order valence-corrected chi connectivity index (χ0v) is 15.0. The van der Waals surface area contributed by atoms with Crippen molar-refractivity contribution < 1.29 is 4.79 Å². The van der Waals surface area contributed by atoms with E-state index in [-0.39, 0.29) is 29.2 Å². The standard InChI is InChI=1S/C18H22ClN3O2/c1-12(14-7-9-15(19)10-8-14)13(2)22(4)18(24)20-16-6-5-11-21(3)17(16)23/h5-13H,1-4H3,(H,20,24). The van der Waals surface area contributed by atoms with Crippen LogP contribution in [0.4, 0.5) is 10.5 Å². The van der Waals surface area contributed by atoms with E-state index in [1.807, 2.05) is 31.2 Å². The Kier molecular flexibility index (Phi) is 5.67. The summed E-state index contributed by atoms with van der Waals surface area (Å²) < 4.78 is 1.43. The Morgan fingerprint density at radius 1 is 1.21 bits per heavy atom. The molecule has 1 aromatic carbocycles. The molecule has 2 atom stereocenters. The molecule has 1 heterocycles. The largest absolute Gasteiger partial charge is 0.324 e. The molecule has 0 saturated carbocycles. The van der Waals surface area contributed by atoms with Crippen LogP contribution >= 0.6 is 11.6 Å². The maximum Gasteiger partial charge on any atom is 0.321 e. The SMILES string of the molecule is CC(c1ccc(Cl)cc1)C(C)N(C)C(=O)Nc1cccn(C)c1=O. The van der Waals surface area contributed by atoms with Crippen LogP contribution in [-0.2, 0) is 7.05 Å². The molecule has 1 N–H and O–H groups in total. The number of hydrogen-bond donors (Lipinski definition) is 1. The highest BCUT2D eigenvalue weighted by molar-refractivity contribution is 6.30. The van der Waals surface area contributed by atoms with Gasteiger partial charge in [-0.05, 0) is 36.8 Å². The van der Waals surface area contributed by atoms with Crippen LogP contribution in [0.2, 0.25) is 5.02 Å². The van der Waals surface area contributed by atoms with Crippen molar-refractivity contribution in [1.82, 2.24) is 9.47 Å². The second kappa shape index (κ2) is 7.53. The minimum atomic E-state index is -0.313. The van der Waals surface area contributed by atoms with Gasteiger partial charge in [0.25, 0.3) is 5.56 Å². The number of likely N-dealkylation sites (N-methyl/N-ethyl adjacent to an activating group) is 1. The average Bonchev–Trinajstić information content (AvgIpc) is 2.57. The van der Waals surface area contributed by atoms with Crippen LogP contribution in [0.1, 0.15) is 25.3 Å². The Balaban J connectivity index is 2.10. The molecule has 0 aliphatic heterocycles. The highest BCUT2D eigenvalue weighted by atomic mass is 35.5. The van der Waals surface area contributed by atoms with E-state index in [2.05, 4.69) is 12.2 Å². The highest BCUT2D eigenvalue weighted by Gasteiger charge is 2.23. The minimum absolute atomic E-state index is 0.0567. The first-order chi connectivity index (χ1) is 11.3. The predicted molar refractivity (Wildman–Crippen MR) is 97.8 cm³/mol. The Bertz CT molecular complexity index is 771. The number of carbonyl (C=O) groups excluding carboxylic acids is 1. The van der Waals surface area contributed by atoms with Crippen LogP contribution in [0.15, 0.2) is 47.4 Å². The molecule has 0 spiro atoms. The molecule has 128 valence electrons. The third kappa shape index (κ3) is 3.97. The first kappa shape index (κ1) is 18.1. The molecule has 2 rings (SSSR count). The number of nitrogens with one attached hydrogen (secondary N) is 1. The first-order valence-corrected chi connectivity index (χ1v) is 8.14. The van der Waals surface area contributed by atoms with E-state index in [1.54, 1.807) is 37.3 Å². The van der Waals surface area contributed by atoms with Crippen molar-refractivity contribution in [3.8, 4) is 0 Å². The molecular weight excluding hydrogens is 326 g/mol. The van der Waals surface area contributed by atoms with Crippen LogP contribution < -0.4 is 10.9 Å². The lowest BCUT2D eigenvalue weighted by atomic mass is 9.94. The molecule has 0 bridgehead atoms. The average molecular weight is 348 g/mol. The van der Waals surface area contributed by atoms with Gasteiger partial charge in [-0.3, -0.25) is 4.79 Å². The van der Waals surface area contributed by atoms with E-state index in [0.717, 1.165) is 5.56 Å². The van der Waals surface area contributed by atoms with E-state index in [1.165, 1.54) is 4.57 Å². The van der Waals surface area contributed by atoms with E-state index in [4.69, 9.17) is 11.6 Å². The fourth-order valence-corrected chi connectivity index (χ4v) is 2.59. The normalized spacial score (nSPS) is 13.2. The zero-order valence-electron chi connectivity index (χ0n) is 14.3. The summed E-state index contributed by atoms with van der Waals surface area (Å²) in [6.45, 7) is 4.03. The molecule has 0 fully saturated rings. The van der Waals surface area contributed by atoms with Crippen molar-refractivity contribution in [3.05, 3.63) is 63.5 Å². The number of pyridine rings is 1. The smallest absolute Gasteiger partial charge is 0.321 e. The Labute approximate surface area is 146 Å². The van der Waals surface area contributed by atoms with Crippen molar-refractivity contribution in [2.24, 2.45) is 7.05 Å². The quantitative estimate of drug-likeness (QED) is 0.916. The van der Waals surface area contributed by atoms with Crippen molar-refractivity contribution in [2.45, 2.75) is 25.8 Å². The van der Waals surface area contributed by atoms with Crippen molar-refractivity contribution in [3.63, 3.8) is 0 Å². The molecule has 2 unspecified atom stereocenters. The number of aromatic nitrogens is 1. The number of hydrogen-bond acceptors (Lipinski definition) is 2. The molecule has 0 saturated heterocycles. The Hall–Kier alpha value is -2.27. The number of benzene rings is 1. The van der Waals surface area contributed by atoms with Crippen LogP contribution in [0.5, 0.6) is 0 Å². The summed E-state index contributed by atoms with van der Waals surface area (Å²) in [6, 6.07) is 10.6. The number of urea groups is 1. The van der Waals surface area contributed by atoms with Crippen LogP contribution in [0.3, 0.4) is 0 Å². The summed E-state index contributed by atoms with van der Waals surface area (Å²) in [6.07, 6.45) is 1.65. The van der Waals surface area contributed by atoms with Crippen molar-refractivity contribution in [1.29, 1.82) is 0 Å². The van der Waals surface area contributed by atoms with Gasteiger partial charge in [0.15, 0.2) is 0 Å². The summed E-state index contributed by atoms with van der Waals surface area (Å²) >= 11 is 5.92. The second-order valence-electron chi connectivity index (χ2n) is 5.96. The Morgan fingerprint density at radius 3 is 2.46 bits per heavy atom. The van der Waals surface area contributed by atoms with Crippen molar-refractivity contribution >= 4 is 23.3 Å². The van der Waals surface area contributed by atoms with Gasteiger partial charge >= 0.3 is 6.03 Å². The molecule has 24 heavy (non-hydrogen) atoms. The lowest BCUT2D eigenvalue weighted by molar-refractivity contribution is 0.201. The predicted octanol–water partition coefficient (Wildman–Crippen LogP) is 3.69. The molecule has 2 amide bonds. The summed E-state index contributed by atoms with van der Waals surface area (Å²) in [5, 5.41) is 3.36. The fourth-order valence-electron chi connectivity index (χ4n) is 2.46. The van der Waals surface area contributed by atoms with Gasteiger partial charge in [-0.2, -0.15) is 0 Å². The first-order valence-electron chi connectivity index (χ1n) is 7.76. The molecule has 0 aliphatic rings. The van der Waals surface area contributed by atoms with Gasteiger partial charge in [0, 0.05) is 37.3 Å². The molecule has 2 aromatic rings. The molecule has 0 aliphatic carbocycles. The van der Waals surface area contributed by atoms with E-state index in [0.29, 0.717) is 5.02 Å². The fraction of sp³-hybridized carbons (Fsp3) is 0.333. The number of nitrogens with zero attached hydrogens (tertiary/aromatic N) is 2. The number of aryl methyl sites for hydroxylation is 1. The molecule has 6 heteroatoms. The summed E-state index contributed by atoms with van der Waals surface area (Å²) in [4.78, 5) is 26.1. The topological polar surface area (TPSA) is 54.3 Å². The minimum Gasteiger partial charge on any atom is -0.324 e. The highest BCUT2D eigenvalue weighted by Crippen LogP contribution is 2.24. The van der Waals surface area contributed by atoms with Gasteiger partial charge in [-0.25, -0.2) is 4.79 Å². The van der Waals surface area contributed by atoms with E-state index < -0.39 is 0 Å². The van der Waals surface area contributed by atoms with Gasteiger partial charge in [-0.15, -0.1) is 0 Å². The van der Waals surface area contributed by atoms with Gasteiger partial charge in [0.2, 0.25) is 0 Å². The van der Waals surface area contributed by atoms with Gasteiger partial charge in [0.05, 0.1) is 0 Å². The maximum atomic E-state index is 12.5. The lowest BCUT2D eigenvalue weighted by Crippen LogP contribution is -2.41. The summed E-state index contributed by atoms with van der Waals surface area (Å²) in [5.41, 5.74) is 1.13. The van der Waals surface area contributed by atoms with Gasteiger partial charge < -0.3 is 14.8 Å². The third-order valence-corrected chi connectivity index (χ3v) is 4.67. The van der Waals surface area contributed by atoms with Crippen LogP contribution in [0, 0.1) is 0 Å². The molecule has 1 aromatic heterocycles. The molecule has 0 radical (unpaired) electrons. The van der Waals surface area contributed by atoms with Gasteiger partial charge in [-0.1, -0.05) is 30.7 Å². The number of carbonyl (C=O) groups is 1. The maximum absolute atomic E-state index is 12.5. The van der Waals surface area contributed by atoms with E-state index in [9.17, 15) is 9.59 Å². The number of halogens is 1. The van der Waals surface area contributed by atoms with Gasteiger partial charge in [0.1, 0.15) is 5.69 Å². The van der Waals surface area contributed by atoms with Crippen molar-refractivity contribution in [2.75, 3.05) is 12.4 Å². The lowest BCUT2D eigenvalue weighted by Gasteiger charge is -2.30. The van der Waals surface area contributed by atoms with Crippen LogP contribution in [-0.4, -0.2) is 28.6 Å². The molecule has 5 nitrogen and oxygen atoms in total. The second-order valence-corrected chi connectivity index (χ2v) is 6.40. The van der Waals surface area contributed by atoms with E-state index >= 15 is 0 Å². The summed E-state index contributed by atoms with van der Waals surface area (Å²) in [5.74, 6) is 0.122. The number of rotatable bonds is 4. The zero-order chi connectivity index (χ0) is 17.9. The third-order valence-electron chi connectivity index (χ3n) is 4.42. The van der Waals surface area contributed by atoms with Crippen LogP contribution in [0.25, 0.3) is 0 Å². The molecular formula is C18H22ClN3O2.